The Hall–Kier alpha value is -1.20. The van der Waals surface area contributed by atoms with Crippen LogP contribution in [0.1, 0.15) is 23.2 Å². The normalized spacial score (nSPS) is 20.7. The Kier molecular flexibility index (Phi) is 4.14. The first-order valence-electron chi connectivity index (χ1n) is 5.86. The molecular weight excluding hydrogens is 257 g/mol. The highest BCUT2D eigenvalue weighted by Crippen LogP contribution is 2.15. The molecule has 0 radical (unpaired) electrons. The van der Waals surface area contributed by atoms with E-state index < -0.39 is 5.82 Å². The van der Waals surface area contributed by atoms with Crippen molar-refractivity contribution in [2.24, 2.45) is 0 Å². The smallest absolute Gasteiger partial charge is 0.254 e. The zero-order valence-electron chi connectivity index (χ0n) is 10.1. The molecule has 1 aliphatic heterocycles. The molecule has 18 heavy (non-hydrogen) atoms. The van der Waals surface area contributed by atoms with Crippen LogP contribution in [0.5, 0.6) is 0 Å². The minimum atomic E-state index is -0.565. The molecule has 0 aliphatic carbocycles. The third-order valence-corrected chi connectivity index (χ3v) is 3.31. The van der Waals surface area contributed by atoms with Gasteiger partial charge in [-0.1, -0.05) is 11.6 Å². The van der Waals surface area contributed by atoms with Crippen molar-refractivity contribution in [3.8, 4) is 0 Å². The highest BCUT2D eigenvalue weighted by molar-refractivity contribution is 6.32. The van der Waals surface area contributed by atoms with Crippen molar-refractivity contribution in [1.29, 1.82) is 0 Å². The molecule has 2 rings (SSSR count). The van der Waals surface area contributed by atoms with Crippen molar-refractivity contribution in [3.05, 3.63) is 28.8 Å². The maximum absolute atomic E-state index is 13.0. The molecule has 1 atom stereocenters. The number of amides is 1. The summed E-state index contributed by atoms with van der Waals surface area (Å²) in [5.74, 6) is -0.933. The highest BCUT2D eigenvalue weighted by Gasteiger charge is 2.21. The Bertz CT molecular complexity index is 455. The van der Waals surface area contributed by atoms with Gasteiger partial charge in [0.15, 0.2) is 0 Å². The van der Waals surface area contributed by atoms with Gasteiger partial charge in [-0.05, 0) is 32.5 Å². The Morgan fingerprint density at radius 1 is 1.67 bits per heavy atom. The number of halogens is 2. The zero-order valence-corrected chi connectivity index (χ0v) is 10.9. The van der Waals surface area contributed by atoms with Gasteiger partial charge in [-0.25, -0.2) is 9.37 Å². The van der Waals surface area contributed by atoms with E-state index in [4.69, 9.17) is 11.6 Å². The largest absolute Gasteiger partial charge is 0.348 e. The molecule has 2 heterocycles. The molecule has 1 saturated heterocycles. The molecule has 0 aromatic carbocycles. The number of aromatic nitrogens is 1. The summed E-state index contributed by atoms with van der Waals surface area (Å²) in [6.45, 7) is 1.83. The summed E-state index contributed by atoms with van der Waals surface area (Å²) in [6, 6.07) is 1.19. The van der Waals surface area contributed by atoms with Crippen LogP contribution in [0, 0.1) is 5.82 Å². The Morgan fingerprint density at radius 3 is 3.17 bits per heavy atom. The highest BCUT2D eigenvalue weighted by atomic mass is 35.5. The molecule has 1 aromatic rings. The van der Waals surface area contributed by atoms with Crippen molar-refractivity contribution in [1.82, 2.24) is 15.2 Å². The van der Waals surface area contributed by atoms with E-state index in [0.717, 1.165) is 38.2 Å². The van der Waals surface area contributed by atoms with Crippen LogP contribution in [0.3, 0.4) is 0 Å². The number of likely N-dealkylation sites (N-methyl/N-ethyl adjacent to an activating group) is 1. The lowest BCUT2D eigenvalue weighted by atomic mass is 10.1. The van der Waals surface area contributed by atoms with E-state index in [-0.39, 0.29) is 22.7 Å². The van der Waals surface area contributed by atoms with E-state index in [1.54, 1.807) is 0 Å². The van der Waals surface area contributed by atoms with Crippen LogP contribution in [-0.4, -0.2) is 42.0 Å². The molecule has 0 spiro atoms. The molecular formula is C12H15ClFN3O. The summed E-state index contributed by atoms with van der Waals surface area (Å²) >= 11 is 5.79. The number of carbonyl (C=O) groups is 1. The first-order valence-corrected chi connectivity index (χ1v) is 6.24. The number of piperidine rings is 1. The van der Waals surface area contributed by atoms with E-state index in [1.165, 1.54) is 0 Å². The topological polar surface area (TPSA) is 45.2 Å². The second-order valence-electron chi connectivity index (χ2n) is 4.57. The van der Waals surface area contributed by atoms with Crippen LogP contribution < -0.4 is 5.32 Å². The lowest BCUT2D eigenvalue weighted by Gasteiger charge is -2.30. The van der Waals surface area contributed by atoms with Crippen molar-refractivity contribution < 1.29 is 9.18 Å². The average molecular weight is 272 g/mol. The minimum absolute atomic E-state index is 0.0260. The van der Waals surface area contributed by atoms with E-state index in [2.05, 4.69) is 15.2 Å². The number of nitrogens with one attached hydrogen (secondary N) is 1. The molecule has 1 N–H and O–H groups in total. The van der Waals surface area contributed by atoms with Crippen LogP contribution >= 0.6 is 11.6 Å². The summed E-state index contributed by atoms with van der Waals surface area (Å²) in [7, 11) is 2.01. The Labute approximate surface area is 110 Å². The van der Waals surface area contributed by atoms with E-state index in [0.29, 0.717) is 0 Å². The molecule has 1 aliphatic rings. The number of hydrogen-bond acceptors (Lipinski definition) is 3. The molecule has 0 saturated carbocycles. The maximum Gasteiger partial charge on any atom is 0.254 e. The fourth-order valence-corrected chi connectivity index (χ4v) is 2.32. The third kappa shape index (κ3) is 3.17. The van der Waals surface area contributed by atoms with Gasteiger partial charge in [0, 0.05) is 12.6 Å². The molecule has 1 unspecified atom stereocenters. The predicted octanol–water partition coefficient (Wildman–Crippen LogP) is 1.70. The van der Waals surface area contributed by atoms with Crippen LogP contribution in [0.4, 0.5) is 4.39 Å². The van der Waals surface area contributed by atoms with Crippen LogP contribution in [0.15, 0.2) is 12.3 Å². The van der Waals surface area contributed by atoms with Gasteiger partial charge in [-0.3, -0.25) is 4.79 Å². The SMILES string of the molecule is CN1CCCC(NC(=O)c2cc(F)cnc2Cl)C1. The van der Waals surface area contributed by atoms with Gasteiger partial charge in [-0.2, -0.15) is 0 Å². The number of hydrogen-bond donors (Lipinski definition) is 1. The zero-order chi connectivity index (χ0) is 13.1. The third-order valence-electron chi connectivity index (χ3n) is 3.01. The standard InChI is InChI=1S/C12H15ClFN3O/c1-17-4-2-3-9(7-17)16-12(18)10-5-8(14)6-15-11(10)13/h5-6,9H,2-4,7H2,1H3,(H,16,18). The van der Waals surface area contributed by atoms with Gasteiger partial charge < -0.3 is 10.2 Å². The second kappa shape index (κ2) is 5.63. The van der Waals surface area contributed by atoms with Gasteiger partial charge in [0.25, 0.3) is 5.91 Å². The summed E-state index contributed by atoms with van der Waals surface area (Å²) in [5.41, 5.74) is 0.0879. The van der Waals surface area contributed by atoms with E-state index in [9.17, 15) is 9.18 Å². The fourth-order valence-electron chi connectivity index (χ4n) is 2.13. The second-order valence-corrected chi connectivity index (χ2v) is 4.92. The summed E-state index contributed by atoms with van der Waals surface area (Å²) < 4.78 is 13.0. The summed E-state index contributed by atoms with van der Waals surface area (Å²) in [4.78, 5) is 17.8. The first kappa shape index (κ1) is 13.2. The van der Waals surface area contributed by atoms with Crippen LogP contribution in [0.25, 0.3) is 0 Å². The fraction of sp³-hybridized carbons (Fsp3) is 0.500. The lowest BCUT2D eigenvalue weighted by molar-refractivity contribution is 0.0912. The van der Waals surface area contributed by atoms with Crippen molar-refractivity contribution in [2.45, 2.75) is 18.9 Å². The summed E-state index contributed by atoms with van der Waals surface area (Å²) in [5, 5.41) is 2.89. The maximum atomic E-state index is 13.0. The number of likely N-dealkylation sites (tertiary alicyclic amines) is 1. The van der Waals surface area contributed by atoms with E-state index >= 15 is 0 Å². The van der Waals surface area contributed by atoms with Crippen LogP contribution in [-0.2, 0) is 0 Å². The van der Waals surface area contributed by atoms with Gasteiger partial charge in [0.1, 0.15) is 11.0 Å². The minimum Gasteiger partial charge on any atom is -0.348 e. The van der Waals surface area contributed by atoms with Crippen molar-refractivity contribution >= 4 is 17.5 Å². The quantitative estimate of drug-likeness (QED) is 0.833. The number of rotatable bonds is 2. The van der Waals surface area contributed by atoms with Crippen molar-refractivity contribution in [2.75, 3.05) is 20.1 Å². The molecule has 4 nitrogen and oxygen atoms in total. The molecule has 1 amide bonds. The molecule has 98 valence electrons. The van der Waals surface area contributed by atoms with E-state index in [1.807, 2.05) is 7.05 Å². The number of carbonyl (C=O) groups excluding carboxylic acids is 1. The average Bonchev–Trinajstić information content (AvgIpc) is 2.32. The van der Waals surface area contributed by atoms with Gasteiger partial charge in [-0.15, -0.1) is 0 Å². The molecule has 6 heteroatoms. The lowest BCUT2D eigenvalue weighted by Crippen LogP contribution is -2.46. The monoisotopic (exact) mass is 271 g/mol. The molecule has 0 bridgehead atoms. The Balaban J connectivity index is 2.05. The number of nitrogens with zero attached hydrogens (tertiary/aromatic N) is 2. The first-order chi connectivity index (χ1) is 8.56. The molecule has 1 fully saturated rings. The predicted molar refractivity (Wildman–Crippen MR) is 67.2 cm³/mol. The van der Waals surface area contributed by atoms with Gasteiger partial charge >= 0.3 is 0 Å². The van der Waals surface area contributed by atoms with Crippen molar-refractivity contribution in [3.63, 3.8) is 0 Å². The van der Waals surface area contributed by atoms with Gasteiger partial charge in [0.05, 0.1) is 11.8 Å². The summed E-state index contributed by atoms with van der Waals surface area (Å²) in [6.07, 6.45) is 2.96. The van der Waals surface area contributed by atoms with Gasteiger partial charge in [0.2, 0.25) is 0 Å². The Morgan fingerprint density at radius 2 is 2.44 bits per heavy atom. The van der Waals surface area contributed by atoms with Crippen LogP contribution in [0.2, 0.25) is 5.15 Å². The number of pyridine rings is 1. The molecule has 1 aromatic heterocycles.